The van der Waals surface area contributed by atoms with Gasteiger partial charge in [0.25, 0.3) is 17.7 Å². The van der Waals surface area contributed by atoms with Gasteiger partial charge in [-0.05, 0) is 36.2 Å². The van der Waals surface area contributed by atoms with Crippen molar-refractivity contribution in [3.8, 4) is 6.07 Å². The van der Waals surface area contributed by atoms with Crippen molar-refractivity contribution >= 4 is 23.2 Å². The molecule has 4 aromatic rings. The van der Waals surface area contributed by atoms with E-state index in [4.69, 9.17) is 4.74 Å². The number of nitrogens with one attached hydrogen (secondary N) is 1. The maximum atomic E-state index is 15.0. The monoisotopic (exact) mass is 553 g/mol. The van der Waals surface area contributed by atoms with Gasteiger partial charge in [0.2, 0.25) is 0 Å². The molecule has 0 bridgehead atoms. The molecule has 0 unspecified atom stereocenters. The molecule has 10 heteroatoms. The molecule has 3 heterocycles. The van der Waals surface area contributed by atoms with Gasteiger partial charge < -0.3 is 15.0 Å². The largest absolute Gasteiger partial charge is 0.381 e. The lowest BCUT2D eigenvalue weighted by Gasteiger charge is -2.28. The summed E-state index contributed by atoms with van der Waals surface area (Å²) in [6.45, 7) is 1.94. The highest BCUT2D eigenvalue weighted by Crippen LogP contribution is 2.36. The van der Waals surface area contributed by atoms with E-state index in [0.717, 1.165) is 12.0 Å². The maximum Gasteiger partial charge on any atom is 0.298 e. The summed E-state index contributed by atoms with van der Waals surface area (Å²) < 4.78 is 36.7. The summed E-state index contributed by atoms with van der Waals surface area (Å²) in [5, 5.41) is 16.6. The van der Waals surface area contributed by atoms with Crippen LogP contribution in [0.15, 0.2) is 79.0 Å². The molecule has 41 heavy (non-hydrogen) atoms. The lowest BCUT2D eigenvalue weighted by Crippen LogP contribution is -2.41. The first kappa shape index (κ1) is 26.3. The highest BCUT2D eigenvalue weighted by atomic mass is 19.3. The molecule has 1 fully saturated rings. The molecule has 2 aliphatic heterocycles. The summed E-state index contributed by atoms with van der Waals surface area (Å²) in [5.41, 5.74) is 2.10. The number of hydrogen-bond acceptors (Lipinski definition) is 5. The Morgan fingerprint density at radius 1 is 1.05 bits per heavy atom. The SMILES string of the molecule is N#Cc1cc(NC(=O)c2cnn3c2C(=O)N(c2ccc(C(F)(F)c4ccccc4)cc2)CC3)ccc1CC1COC1. The highest BCUT2D eigenvalue weighted by Gasteiger charge is 2.35. The summed E-state index contributed by atoms with van der Waals surface area (Å²) in [4.78, 5) is 28.2. The molecule has 1 saturated heterocycles. The van der Waals surface area contributed by atoms with Crippen molar-refractivity contribution in [2.75, 3.05) is 30.0 Å². The zero-order valence-electron chi connectivity index (χ0n) is 21.9. The number of halogens is 2. The first-order valence-corrected chi connectivity index (χ1v) is 13.2. The van der Waals surface area contributed by atoms with Gasteiger partial charge in [-0.25, -0.2) is 0 Å². The summed E-state index contributed by atoms with van der Waals surface area (Å²) in [5.74, 6) is -3.81. The fourth-order valence-electron chi connectivity index (χ4n) is 5.13. The van der Waals surface area contributed by atoms with E-state index in [2.05, 4.69) is 16.5 Å². The molecular formula is C31H25F2N5O3. The number of fused-ring (bicyclic) bond motifs is 1. The van der Waals surface area contributed by atoms with E-state index in [-0.39, 0.29) is 28.9 Å². The average molecular weight is 554 g/mol. The van der Waals surface area contributed by atoms with Crippen LogP contribution in [0.2, 0.25) is 0 Å². The Balaban J connectivity index is 1.20. The van der Waals surface area contributed by atoms with Crippen LogP contribution < -0.4 is 10.2 Å². The van der Waals surface area contributed by atoms with Crippen molar-refractivity contribution in [1.29, 1.82) is 5.26 Å². The molecule has 8 nitrogen and oxygen atoms in total. The number of nitrogens with zero attached hydrogens (tertiary/aromatic N) is 4. The van der Waals surface area contributed by atoms with E-state index in [1.165, 1.54) is 52.2 Å². The normalized spacial score (nSPS) is 15.1. The van der Waals surface area contributed by atoms with Crippen LogP contribution in [0.5, 0.6) is 0 Å². The zero-order chi connectivity index (χ0) is 28.6. The summed E-state index contributed by atoms with van der Waals surface area (Å²) >= 11 is 0. The lowest BCUT2D eigenvalue weighted by atomic mass is 9.94. The number of alkyl halides is 2. The molecule has 1 N–H and O–H groups in total. The van der Waals surface area contributed by atoms with Crippen LogP contribution in [-0.4, -0.2) is 41.4 Å². The predicted molar refractivity (Wildman–Crippen MR) is 147 cm³/mol. The van der Waals surface area contributed by atoms with E-state index >= 15 is 0 Å². The molecule has 0 atom stereocenters. The molecule has 1 aromatic heterocycles. The maximum absolute atomic E-state index is 15.0. The second kappa shape index (κ2) is 10.6. The van der Waals surface area contributed by atoms with Gasteiger partial charge in [0, 0.05) is 35.0 Å². The summed E-state index contributed by atoms with van der Waals surface area (Å²) in [7, 11) is 0. The molecule has 0 spiro atoms. The predicted octanol–water partition coefficient (Wildman–Crippen LogP) is 5.00. The van der Waals surface area contributed by atoms with Crippen molar-refractivity contribution in [3.63, 3.8) is 0 Å². The number of carbonyl (C=O) groups is 2. The molecule has 0 radical (unpaired) electrons. The minimum Gasteiger partial charge on any atom is -0.381 e. The number of anilines is 2. The molecule has 206 valence electrons. The van der Waals surface area contributed by atoms with Gasteiger partial charge in [-0.15, -0.1) is 0 Å². The Labute approximate surface area is 234 Å². The Kier molecular flexibility index (Phi) is 6.81. The molecule has 0 saturated carbocycles. The van der Waals surface area contributed by atoms with E-state index < -0.39 is 17.7 Å². The minimum absolute atomic E-state index is 0.0844. The third-order valence-corrected chi connectivity index (χ3v) is 7.45. The minimum atomic E-state index is -3.19. The number of rotatable bonds is 7. The van der Waals surface area contributed by atoms with Crippen LogP contribution in [-0.2, 0) is 23.6 Å². The molecule has 2 amide bonds. The van der Waals surface area contributed by atoms with Gasteiger partial charge in [-0.3, -0.25) is 14.3 Å². The van der Waals surface area contributed by atoms with Gasteiger partial charge in [0.1, 0.15) is 5.69 Å². The average Bonchev–Trinajstić information content (AvgIpc) is 3.41. The quantitative estimate of drug-likeness (QED) is 0.347. The third kappa shape index (κ3) is 4.96. The highest BCUT2D eigenvalue weighted by molar-refractivity contribution is 6.15. The van der Waals surface area contributed by atoms with Crippen LogP contribution in [0.25, 0.3) is 0 Å². The molecule has 2 aliphatic rings. The smallest absolute Gasteiger partial charge is 0.298 e. The number of ether oxygens (including phenoxy) is 1. The van der Waals surface area contributed by atoms with Crippen LogP contribution in [0.1, 0.15) is 43.1 Å². The van der Waals surface area contributed by atoms with Crippen molar-refractivity contribution in [3.05, 3.63) is 113 Å². The van der Waals surface area contributed by atoms with Crippen LogP contribution in [0.4, 0.5) is 20.2 Å². The Morgan fingerprint density at radius 2 is 1.78 bits per heavy atom. The number of amides is 2. The van der Waals surface area contributed by atoms with E-state index in [9.17, 15) is 23.6 Å². The van der Waals surface area contributed by atoms with Gasteiger partial charge in [-0.1, -0.05) is 48.5 Å². The second-order valence-electron chi connectivity index (χ2n) is 10.1. The van der Waals surface area contributed by atoms with Crippen molar-refractivity contribution < 1.29 is 23.1 Å². The summed E-state index contributed by atoms with van der Waals surface area (Å²) in [6, 6.07) is 20.5. The standard InChI is InChI=1S/C31H25F2N5O3/c32-31(33,23-4-2-1-3-5-23)24-7-10-26(11-8-24)37-12-13-38-28(30(37)40)27(17-35-38)29(39)36-25-9-6-21(22(15-25)16-34)14-20-18-41-19-20/h1-11,15,17,20H,12-14,18-19H2,(H,36,39). The number of benzene rings is 3. The van der Waals surface area contributed by atoms with E-state index in [0.29, 0.717) is 42.6 Å². The Bertz CT molecular complexity index is 1660. The van der Waals surface area contributed by atoms with E-state index in [1.54, 1.807) is 30.3 Å². The molecule has 3 aromatic carbocycles. The number of nitriles is 1. The fourth-order valence-corrected chi connectivity index (χ4v) is 5.13. The molecule has 6 rings (SSSR count). The first-order chi connectivity index (χ1) is 19.8. The van der Waals surface area contributed by atoms with Gasteiger partial charge in [0.15, 0.2) is 0 Å². The fraction of sp³-hybridized carbons (Fsp3) is 0.226. The molecular weight excluding hydrogens is 528 g/mol. The topological polar surface area (TPSA) is 100 Å². The first-order valence-electron chi connectivity index (χ1n) is 13.2. The van der Waals surface area contributed by atoms with Gasteiger partial charge >= 0.3 is 0 Å². The number of aromatic nitrogens is 2. The van der Waals surface area contributed by atoms with Crippen molar-refractivity contribution in [2.24, 2.45) is 5.92 Å². The van der Waals surface area contributed by atoms with Crippen LogP contribution in [0, 0.1) is 17.2 Å². The van der Waals surface area contributed by atoms with Crippen molar-refractivity contribution in [2.45, 2.75) is 18.9 Å². The van der Waals surface area contributed by atoms with Crippen LogP contribution in [0.3, 0.4) is 0 Å². The van der Waals surface area contributed by atoms with Crippen LogP contribution >= 0.6 is 0 Å². The van der Waals surface area contributed by atoms with Gasteiger partial charge in [0.05, 0.1) is 43.2 Å². The van der Waals surface area contributed by atoms with Crippen molar-refractivity contribution in [1.82, 2.24) is 9.78 Å². The number of hydrogen-bond donors (Lipinski definition) is 1. The molecule has 0 aliphatic carbocycles. The summed E-state index contributed by atoms with van der Waals surface area (Å²) in [6.07, 6.45) is 2.06. The Morgan fingerprint density at radius 3 is 2.46 bits per heavy atom. The lowest BCUT2D eigenvalue weighted by molar-refractivity contribution is -0.0312. The van der Waals surface area contributed by atoms with Gasteiger partial charge in [-0.2, -0.15) is 19.1 Å². The van der Waals surface area contributed by atoms with E-state index in [1.807, 2.05) is 6.07 Å². The Hall–Kier alpha value is -4.88. The number of carbonyl (C=O) groups excluding carboxylic acids is 2. The second-order valence-corrected chi connectivity index (χ2v) is 10.1. The zero-order valence-corrected chi connectivity index (χ0v) is 21.9. The third-order valence-electron chi connectivity index (χ3n) is 7.45.